The molecular formula is C20H23Cl2NO2. The van der Waals surface area contributed by atoms with E-state index >= 15 is 0 Å². The molecule has 0 atom stereocenters. The Balaban J connectivity index is 1.84. The molecule has 0 radical (unpaired) electrons. The number of hydrogen-bond acceptors (Lipinski definition) is 2. The maximum atomic E-state index is 12.3. The third kappa shape index (κ3) is 6.26. The van der Waals surface area contributed by atoms with Gasteiger partial charge in [0.1, 0.15) is 5.75 Å². The van der Waals surface area contributed by atoms with E-state index in [1.807, 2.05) is 0 Å². The molecule has 134 valence electrons. The van der Waals surface area contributed by atoms with Crippen LogP contribution in [0, 0.1) is 0 Å². The quantitative estimate of drug-likeness (QED) is 0.498. The van der Waals surface area contributed by atoms with Crippen molar-refractivity contribution in [1.82, 2.24) is 0 Å². The number of carbonyl (C=O) groups is 1. The Labute approximate surface area is 159 Å². The molecule has 0 aliphatic carbocycles. The van der Waals surface area contributed by atoms with Gasteiger partial charge >= 0.3 is 0 Å². The van der Waals surface area contributed by atoms with Crippen molar-refractivity contribution in [3.63, 3.8) is 0 Å². The molecule has 0 aliphatic rings. The largest absolute Gasteiger partial charge is 0.494 e. The van der Waals surface area contributed by atoms with Gasteiger partial charge in [0.05, 0.1) is 22.3 Å². The van der Waals surface area contributed by atoms with E-state index in [-0.39, 0.29) is 5.91 Å². The molecule has 25 heavy (non-hydrogen) atoms. The molecule has 0 fully saturated rings. The molecule has 0 saturated heterocycles. The standard InChI is InChI=1S/C20H23Cl2NO2/c1-2-3-4-5-6-14-25-16-12-10-15(11-13-16)20(24)23-18-9-7-8-17(21)19(18)22/h7-13H,2-6,14H2,1H3,(H,23,24). The third-order valence-electron chi connectivity index (χ3n) is 3.83. The highest BCUT2D eigenvalue weighted by molar-refractivity contribution is 6.44. The van der Waals surface area contributed by atoms with Crippen LogP contribution in [0.3, 0.4) is 0 Å². The molecule has 1 N–H and O–H groups in total. The van der Waals surface area contributed by atoms with Gasteiger partial charge in [-0.15, -0.1) is 0 Å². The van der Waals surface area contributed by atoms with Crippen LogP contribution < -0.4 is 10.1 Å². The zero-order chi connectivity index (χ0) is 18.1. The minimum Gasteiger partial charge on any atom is -0.494 e. The van der Waals surface area contributed by atoms with Gasteiger partial charge in [-0.25, -0.2) is 0 Å². The highest BCUT2D eigenvalue weighted by atomic mass is 35.5. The molecule has 5 heteroatoms. The Kier molecular flexibility index (Phi) is 8.10. The monoisotopic (exact) mass is 379 g/mol. The number of hydrogen-bond donors (Lipinski definition) is 1. The fraction of sp³-hybridized carbons (Fsp3) is 0.350. The minimum absolute atomic E-state index is 0.240. The fourth-order valence-corrected chi connectivity index (χ4v) is 2.74. The van der Waals surface area contributed by atoms with Crippen molar-refractivity contribution in [2.45, 2.75) is 39.0 Å². The lowest BCUT2D eigenvalue weighted by Gasteiger charge is -2.09. The van der Waals surface area contributed by atoms with Gasteiger partial charge in [-0.05, 0) is 42.8 Å². The maximum absolute atomic E-state index is 12.3. The van der Waals surface area contributed by atoms with E-state index in [0.29, 0.717) is 27.9 Å². The van der Waals surface area contributed by atoms with Crippen LogP contribution in [0.25, 0.3) is 0 Å². The summed E-state index contributed by atoms with van der Waals surface area (Å²) in [6.07, 6.45) is 6.01. The van der Waals surface area contributed by atoms with Crippen LogP contribution in [0.2, 0.25) is 10.0 Å². The SMILES string of the molecule is CCCCCCCOc1ccc(C(=O)Nc2cccc(Cl)c2Cl)cc1. The van der Waals surface area contributed by atoms with Crippen molar-refractivity contribution < 1.29 is 9.53 Å². The van der Waals surface area contributed by atoms with Crippen molar-refractivity contribution in [2.75, 3.05) is 11.9 Å². The lowest BCUT2D eigenvalue weighted by molar-refractivity contribution is 0.102. The van der Waals surface area contributed by atoms with E-state index in [1.54, 1.807) is 42.5 Å². The lowest BCUT2D eigenvalue weighted by atomic mass is 10.1. The number of ether oxygens (including phenoxy) is 1. The Morgan fingerprint density at radius 1 is 1.00 bits per heavy atom. The van der Waals surface area contributed by atoms with Crippen LogP contribution in [0.5, 0.6) is 5.75 Å². The molecule has 1 amide bonds. The van der Waals surface area contributed by atoms with Crippen molar-refractivity contribution in [3.8, 4) is 5.75 Å². The summed E-state index contributed by atoms with van der Waals surface area (Å²) in [5, 5.41) is 3.50. The van der Waals surface area contributed by atoms with Gasteiger partial charge in [0.15, 0.2) is 0 Å². The molecule has 0 bridgehead atoms. The zero-order valence-electron chi connectivity index (χ0n) is 14.4. The summed E-state index contributed by atoms with van der Waals surface area (Å²) in [6.45, 7) is 2.90. The third-order valence-corrected chi connectivity index (χ3v) is 4.65. The summed E-state index contributed by atoms with van der Waals surface area (Å²) in [6, 6.07) is 12.2. The normalized spacial score (nSPS) is 10.5. The molecule has 3 nitrogen and oxygen atoms in total. The van der Waals surface area contributed by atoms with Gasteiger partial charge in [0.2, 0.25) is 0 Å². The van der Waals surface area contributed by atoms with Crippen LogP contribution in [0.1, 0.15) is 49.4 Å². The first-order chi connectivity index (χ1) is 12.1. The van der Waals surface area contributed by atoms with E-state index in [2.05, 4.69) is 12.2 Å². The van der Waals surface area contributed by atoms with E-state index < -0.39 is 0 Å². The molecule has 2 aromatic carbocycles. The van der Waals surface area contributed by atoms with Crippen molar-refractivity contribution in [2.24, 2.45) is 0 Å². The van der Waals surface area contributed by atoms with E-state index in [1.165, 1.54) is 25.7 Å². The number of carbonyl (C=O) groups excluding carboxylic acids is 1. The number of halogens is 2. The average Bonchev–Trinajstić information content (AvgIpc) is 2.62. The van der Waals surface area contributed by atoms with Crippen molar-refractivity contribution in [3.05, 3.63) is 58.1 Å². The van der Waals surface area contributed by atoms with Crippen molar-refractivity contribution in [1.29, 1.82) is 0 Å². The van der Waals surface area contributed by atoms with Gasteiger partial charge in [0.25, 0.3) is 5.91 Å². The van der Waals surface area contributed by atoms with Gasteiger partial charge < -0.3 is 10.1 Å². The van der Waals surface area contributed by atoms with Crippen molar-refractivity contribution >= 4 is 34.8 Å². The zero-order valence-corrected chi connectivity index (χ0v) is 15.9. The Hall–Kier alpha value is -1.71. The number of benzene rings is 2. The predicted octanol–water partition coefficient (Wildman–Crippen LogP) is 6.59. The number of amides is 1. The lowest BCUT2D eigenvalue weighted by Crippen LogP contribution is -2.12. The summed E-state index contributed by atoms with van der Waals surface area (Å²) in [5.74, 6) is 0.531. The Morgan fingerprint density at radius 2 is 1.72 bits per heavy atom. The summed E-state index contributed by atoms with van der Waals surface area (Å²) in [4.78, 5) is 12.3. The maximum Gasteiger partial charge on any atom is 0.255 e. The van der Waals surface area contributed by atoms with Crippen LogP contribution in [-0.2, 0) is 0 Å². The van der Waals surface area contributed by atoms with Crippen LogP contribution in [0.4, 0.5) is 5.69 Å². The summed E-state index contributed by atoms with van der Waals surface area (Å²) in [5.41, 5.74) is 1.03. The molecule has 2 rings (SSSR count). The summed E-state index contributed by atoms with van der Waals surface area (Å²) < 4.78 is 5.70. The topological polar surface area (TPSA) is 38.3 Å². The highest BCUT2D eigenvalue weighted by Crippen LogP contribution is 2.29. The molecule has 0 aromatic heterocycles. The van der Waals surface area contributed by atoms with Gasteiger partial charge in [-0.2, -0.15) is 0 Å². The number of anilines is 1. The van der Waals surface area contributed by atoms with Crippen LogP contribution in [-0.4, -0.2) is 12.5 Å². The van der Waals surface area contributed by atoms with Gasteiger partial charge in [-0.1, -0.05) is 61.9 Å². The second-order valence-corrected chi connectivity index (χ2v) is 6.63. The van der Waals surface area contributed by atoms with Gasteiger partial charge in [-0.3, -0.25) is 4.79 Å². The van der Waals surface area contributed by atoms with Crippen LogP contribution >= 0.6 is 23.2 Å². The number of nitrogens with one attached hydrogen (secondary N) is 1. The second kappa shape index (κ2) is 10.3. The fourth-order valence-electron chi connectivity index (χ4n) is 2.39. The predicted molar refractivity (Wildman–Crippen MR) is 105 cm³/mol. The first kappa shape index (κ1) is 19.6. The molecular weight excluding hydrogens is 357 g/mol. The smallest absolute Gasteiger partial charge is 0.255 e. The second-order valence-electron chi connectivity index (χ2n) is 5.84. The van der Waals surface area contributed by atoms with Crippen LogP contribution in [0.15, 0.2) is 42.5 Å². The summed E-state index contributed by atoms with van der Waals surface area (Å²) in [7, 11) is 0. The van der Waals surface area contributed by atoms with Gasteiger partial charge in [0, 0.05) is 5.56 Å². The minimum atomic E-state index is -0.240. The van der Waals surface area contributed by atoms with E-state index in [0.717, 1.165) is 12.2 Å². The molecule has 0 aliphatic heterocycles. The van der Waals surface area contributed by atoms with E-state index in [4.69, 9.17) is 27.9 Å². The molecule has 0 spiro atoms. The highest BCUT2D eigenvalue weighted by Gasteiger charge is 2.10. The summed E-state index contributed by atoms with van der Waals surface area (Å²) >= 11 is 12.0. The average molecular weight is 380 g/mol. The molecule has 2 aromatic rings. The molecule has 0 heterocycles. The Morgan fingerprint density at radius 3 is 2.44 bits per heavy atom. The molecule has 0 unspecified atom stereocenters. The number of unbranched alkanes of at least 4 members (excludes halogenated alkanes) is 4. The van der Waals surface area contributed by atoms with E-state index in [9.17, 15) is 4.79 Å². The number of rotatable bonds is 9. The first-order valence-electron chi connectivity index (χ1n) is 8.60. The molecule has 0 saturated carbocycles. The first-order valence-corrected chi connectivity index (χ1v) is 9.35. The Bertz CT molecular complexity index is 687.